The largest absolute Gasteiger partial charge is 0.489 e. The number of benzene rings is 1. The van der Waals surface area contributed by atoms with Crippen LogP contribution in [0.15, 0.2) is 23.1 Å². The van der Waals surface area contributed by atoms with Gasteiger partial charge in [0.05, 0.1) is 0 Å². The lowest BCUT2D eigenvalue weighted by Gasteiger charge is -2.30. The summed E-state index contributed by atoms with van der Waals surface area (Å²) in [6.45, 7) is 2.76. The van der Waals surface area contributed by atoms with Gasteiger partial charge in [-0.15, -0.1) is 12.4 Å². The first-order chi connectivity index (χ1) is 16.6. The minimum Gasteiger partial charge on any atom is -0.489 e. The quantitative estimate of drug-likeness (QED) is 0.460. The van der Waals surface area contributed by atoms with Crippen LogP contribution in [0.25, 0.3) is 0 Å². The normalized spacial score (nSPS) is 27.0. The highest BCUT2D eigenvalue weighted by molar-refractivity contribution is 7.89. The van der Waals surface area contributed by atoms with Crippen molar-refractivity contribution < 1.29 is 31.8 Å². The first-order valence-corrected chi connectivity index (χ1v) is 14.1. The van der Waals surface area contributed by atoms with Crippen LogP contribution in [0, 0.1) is 12.8 Å². The third kappa shape index (κ3) is 6.68. The van der Waals surface area contributed by atoms with Crippen LogP contribution < -0.4 is 10.1 Å². The van der Waals surface area contributed by atoms with Crippen molar-refractivity contribution in [1.29, 1.82) is 0 Å². The fourth-order valence-corrected chi connectivity index (χ4v) is 7.44. The van der Waals surface area contributed by atoms with Crippen molar-refractivity contribution in [3.63, 3.8) is 0 Å². The number of aryl methyl sites for hydroxylation is 1. The summed E-state index contributed by atoms with van der Waals surface area (Å²) in [7, 11) is -4.03. The van der Waals surface area contributed by atoms with Crippen LogP contribution in [0.3, 0.4) is 0 Å². The second kappa shape index (κ2) is 11.9. The Morgan fingerprint density at radius 3 is 2.58 bits per heavy atom. The van der Waals surface area contributed by atoms with Crippen LogP contribution in [0.4, 0.5) is 8.78 Å². The number of hydrogen-bond donors (Lipinski definition) is 2. The minimum atomic E-state index is -4.03. The summed E-state index contributed by atoms with van der Waals surface area (Å²) < 4.78 is 61.1. The van der Waals surface area contributed by atoms with Crippen LogP contribution in [0.2, 0.25) is 0 Å². The Balaban J connectivity index is 0.00000361. The molecule has 1 saturated heterocycles. The van der Waals surface area contributed by atoms with Gasteiger partial charge < -0.3 is 15.2 Å². The molecule has 0 aromatic heterocycles. The number of carboxylic acid groups (broad SMARTS) is 1. The summed E-state index contributed by atoms with van der Waals surface area (Å²) >= 11 is 0. The molecular weight excluding hydrogens is 514 g/mol. The lowest BCUT2D eigenvalue weighted by Crippen LogP contribution is -2.40. The van der Waals surface area contributed by atoms with Gasteiger partial charge in [-0.2, -0.15) is 4.31 Å². The Morgan fingerprint density at radius 2 is 1.89 bits per heavy atom. The third-order valence-corrected chi connectivity index (χ3v) is 9.66. The van der Waals surface area contributed by atoms with E-state index in [-0.39, 0.29) is 60.5 Å². The highest BCUT2D eigenvalue weighted by atomic mass is 35.5. The molecule has 3 fully saturated rings. The molecule has 1 aromatic carbocycles. The molecular formula is C25H37ClF2N2O5S. The van der Waals surface area contributed by atoms with Crippen molar-refractivity contribution in [3.05, 3.63) is 23.8 Å². The highest BCUT2D eigenvalue weighted by Crippen LogP contribution is 2.37. The first-order valence-electron chi connectivity index (χ1n) is 12.7. The monoisotopic (exact) mass is 550 g/mol. The van der Waals surface area contributed by atoms with E-state index < -0.39 is 28.0 Å². The van der Waals surface area contributed by atoms with E-state index in [9.17, 15) is 27.1 Å². The average molecular weight is 551 g/mol. The molecule has 1 heterocycles. The van der Waals surface area contributed by atoms with Gasteiger partial charge in [0.15, 0.2) is 0 Å². The summed E-state index contributed by atoms with van der Waals surface area (Å²) in [4.78, 5) is 11.6. The fourth-order valence-electron chi connectivity index (χ4n) is 5.69. The number of nitrogens with zero attached hydrogens (tertiary/aromatic N) is 1. The van der Waals surface area contributed by atoms with Crippen molar-refractivity contribution in [1.82, 2.24) is 9.62 Å². The molecule has 7 nitrogen and oxygen atoms in total. The predicted octanol–water partition coefficient (Wildman–Crippen LogP) is 4.76. The van der Waals surface area contributed by atoms with Crippen molar-refractivity contribution in [2.24, 2.45) is 5.92 Å². The summed E-state index contributed by atoms with van der Waals surface area (Å²) in [6.07, 6.45) is 5.09. The molecule has 1 aliphatic heterocycles. The van der Waals surface area contributed by atoms with E-state index in [0.29, 0.717) is 32.2 Å². The molecule has 2 N–H and O–H groups in total. The van der Waals surface area contributed by atoms with Gasteiger partial charge in [0.25, 0.3) is 0 Å². The highest BCUT2D eigenvalue weighted by Gasteiger charge is 2.41. The second-order valence-corrected chi connectivity index (χ2v) is 12.1. The summed E-state index contributed by atoms with van der Waals surface area (Å²) in [6, 6.07) is 4.00. The molecule has 0 amide bonds. The van der Waals surface area contributed by atoms with E-state index >= 15 is 0 Å². The van der Waals surface area contributed by atoms with E-state index in [1.807, 2.05) is 6.92 Å². The number of carbonyl (C=O) groups is 1. The molecule has 36 heavy (non-hydrogen) atoms. The van der Waals surface area contributed by atoms with Gasteiger partial charge in [0.2, 0.25) is 15.9 Å². The molecule has 3 aliphatic rings. The van der Waals surface area contributed by atoms with Gasteiger partial charge in [-0.05, 0) is 88.4 Å². The SMILES string of the molecule is Cc1ccc(S(=O)(=O)N2CCC[C@H]2C(=O)O)c(O[C@@H]2CCC[C@@H]2CCNC2CCC(F)(F)CC2)c1.Cl. The van der Waals surface area contributed by atoms with E-state index in [1.165, 1.54) is 6.07 Å². The van der Waals surface area contributed by atoms with Gasteiger partial charge in [0, 0.05) is 25.4 Å². The van der Waals surface area contributed by atoms with Crippen molar-refractivity contribution >= 4 is 28.4 Å². The van der Waals surface area contributed by atoms with Crippen LogP contribution in [-0.4, -0.2) is 61.0 Å². The Labute approximate surface area is 218 Å². The molecule has 3 atom stereocenters. The molecule has 11 heteroatoms. The Hall–Kier alpha value is -1.49. The maximum atomic E-state index is 13.4. The van der Waals surface area contributed by atoms with Gasteiger partial charge in [-0.1, -0.05) is 6.07 Å². The minimum absolute atomic E-state index is 0. The molecule has 0 bridgehead atoms. The number of ether oxygens (including phenoxy) is 1. The zero-order chi connectivity index (χ0) is 25.2. The zero-order valence-corrected chi connectivity index (χ0v) is 22.3. The number of rotatable bonds is 9. The smallest absolute Gasteiger partial charge is 0.322 e. The van der Waals surface area contributed by atoms with Crippen molar-refractivity contribution in [2.45, 2.75) is 100 Å². The topological polar surface area (TPSA) is 95.9 Å². The number of halogens is 3. The molecule has 4 rings (SSSR count). The van der Waals surface area contributed by atoms with Crippen LogP contribution in [0.1, 0.15) is 69.8 Å². The van der Waals surface area contributed by atoms with Gasteiger partial charge in [-0.25, -0.2) is 17.2 Å². The third-order valence-electron chi connectivity index (χ3n) is 7.71. The molecule has 204 valence electrons. The maximum Gasteiger partial charge on any atom is 0.322 e. The van der Waals surface area contributed by atoms with Gasteiger partial charge in [0.1, 0.15) is 22.8 Å². The van der Waals surface area contributed by atoms with E-state index in [4.69, 9.17) is 4.74 Å². The average Bonchev–Trinajstić information content (AvgIpc) is 3.45. The number of hydrogen-bond acceptors (Lipinski definition) is 5. The standard InChI is InChI=1S/C25H36F2N2O5S.ClH/c1-17-7-8-23(35(32,33)29-15-3-5-20(29)24(30)31)22(16-17)34-21-6-2-4-18(21)11-14-28-19-9-12-25(26,27)13-10-19;/h7-8,16,18-21,28H,2-6,9-15H2,1H3,(H,30,31);1H/t18-,20+,21-;/m1./s1. The second-order valence-electron chi connectivity index (χ2n) is 10.3. The van der Waals surface area contributed by atoms with Crippen LogP contribution >= 0.6 is 12.4 Å². The number of sulfonamides is 1. The van der Waals surface area contributed by atoms with E-state index in [2.05, 4.69) is 5.32 Å². The molecule has 2 aliphatic carbocycles. The molecule has 0 radical (unpaired) electrons. The number of alkyl halides is 2. The van der Waals surface area contributed by atoms with Crippen molar-refractivity contribution in [2.75, 3.05) is 13.1 Å². The number of carboxylic acids is 1. The maximum absolute atomic E-state index is 13.4. The summed E-state index contributed by atoms with van der Waals surface area (Å²) in [5, 5.41) is 12.9. The van der Waals surface area contributed by atoms with Crippen LogP contribution in [-0.2, 0) is 14.8 Å². The van der Waals surface area contributed by atoms with E-state index in [0.717, 1.165) is 35.6 Å². The van der Waals surface area contributed by atoms with Gasteiger partial charge >= 0.3 is 5.97 Å². The zero-order valence-electron chi connectivity index (χ0n) is 20.6. The molecule has 0 spiro atoms. The lowest BCUT2D eigenvalue weighted by molar-refractivity contribution is -0.140. The molecule has 2 saturated carbocycles. The fraction of sp³-hybridized carbons (Fsp3) is 0.720. The Morgan fingerprint density at radius 1 is 1.17 bits per heavy atom. The summed E-state index contributed by atoms with van der Waals surface area (Å²) in [5.41, 5.74) is 0.862. The van der Waals surface area contributed by atoms with Crippen LogP contribution in [0.5, 0.6) is 5.75 Å². The first kappa shape index (κ1) is 29.1. The molecule has 1 aromatic rings. The van der Waals surface area contributed by atoms with Crippen molar-refractivity contribution in [3.8, 4) is 5.75 Å². The Kier molecular flexibility index (Phi) is 9.63. The van der Waals surface area contributed by atoms with Gasteiger partial charge in [-0.3, -0.25) is 4.79 Å². The number of nitrogens with one attached hydrogen (secondary N) is 1. The summed E-state index contributed by atoms with van der Waals surface area (Å²) in [5.74, 6) is -3.15. The Bertz CT molecular complexity index is 1020. The molecule has 0 unspecified atom stereocenters. The lowest BCUT2D eigenvalue weighted by atomic mass is 9.92. The predicted molar refractivity (Wildman–Crippen MR) is 135 cm³/mol. The van der Waals surface area contributed by atoms with E-state index in [1.54, 1.807) is 12.1 Å². The number of aliphatic carboxylic acids is 1.